The van der Waals surface area contributed by atoms with Crippen molar-refractivity contribution in [2.75, 3.05) is 52.4 Å². The smallest absolute Gasteiger partial charge is 0.423 e. The van der Waals surface area contributed by atoms with Crippen LogP contribution < -0.4 is 21.4 Å². The maximum atomic E-state index is 13.3. The molecule has 0 bridgehead atoms. The summed E-state index contributed by atoms with van der Waals surface area (Å²) in [4.78, 5) is 59.3. The molecule has 0 aliphatic carbocycles. The lowest BCUT2D eigenvalue weighted by atomic mass is 9.79. The average Bonchev–Trinajstić information content (AvgIpc) is 1.84. The van der Waals surface area contributed by atoms with Crippen molar-refractivity contribution in [3.05, 3.63) is 145 Å². The van der Waals surface area contributed by atoms with Gasteiger partial charge in [-0.15, -0.1) is 0 Å². The number of rotatable bonds is 12. The molecule has 0 radical (unpaired) electrons. The van der Waals surface area contributed by atoms with Crippen molar-refractivity contribution in [3.8, 4) is 12.1 Å². The van der Waals surface area contributed by atoms with Crippen molar-refractivity contribution in [2.24, 2.45) is 4.99 Å². The second-order valence-electron chi connectivity index (χ2n) is 23.0. The molecule has 88 heavy (non-hydrogen) atoms. The van der Waals surface area contributed by atoms with Gasteiger partial charge in [0.1, 0.15) is 16.9 Å². The Morgan fingerprint density at radius 1 is 0.648 bits per heavy atom. The summed E-state index contributed by atoms with van der Waals surface area (Å²) in [6.07, 6.45) is 6.47. The zero-order valence-corrected chi connectivity index (χ0v) is 52.1. The number of amides is 4. The summed E-state index contributed by atoms with van der Waals surface area (Å²) in [5, 5.41) is 65.5. The molecular formula is C62H73BN10O12S3. The average molecular weight is 1260 g/mol. The van der Waals surface area contributed by atoms with Crippen LogP contribution >= 0.6 is 12.2 Å². The van der Waals surface area contributed by atoms with Gasteiger partial charge < -0.3 is 46.0 Å². The standard InChI is InChI=1S/C31H35N5O5S.C23H30N4O5S2.C8H8BNO2/c1-21-18-25(29(38)35-13-7-26(37)8-14-35)19-22(2)27(21)9-17-42(40,41)36-15-10-31(11-16-36)30(39)33-28(34-31)24-5-3-4-23(20-24)6-12-32;1-15-13-17(20(29)26-8-3-18(28)4-9-26)14-16(2)19(15)5-12-34(31,32)27-10-6-23(7-11-27)21(30)24-22(33)25-23;10-5-4-7-2-1-3-8(6-7)9(11)12/h3-5,9,17-20,26,37H,6-8,10-11,13-16H2,1-2H3,(H,33,34,39);5,12-14,18,28H,3-4,6-11H2,1-2H3,(H2,24,25,30,33);1-3,6,11-12H,4H2/b17-9+;12-5+;. The summed E-state index contributed by atoms with van der Waals surface area (Å²) in [7, 11) is -8.90. The Morgan fingerprint density at radius 2 is 1.08 bits per heavy atom. The van der Waals surface area contributed by atoms with Crippen LogP contribution in [0.5, 0.6) is 0 Å². The van der Waals surface area contributed by atoms with Crippen LogP contribution in [-0.4, -0.2) is 173 Å². The van der Waals surface area contributed by atoms with Crippen molar-refractivity contribution in [1.82, 2.24) is 34.4 Å². The van der Waals surface area contributed by atoms with Gasteiger partial charge in [0.15, 0.2) is 5.11 Å². The van der Waals surface area contributed by atoms with Crippen LogP contribution in [-0.2, 0) is 42.5 Å². The van der Waals surface area contributed by atoms with Crippen molar-refractivity contribution in [3.63, 3.8) is 0 Å². The Kier molecular flexibility index (Phi) is 21.4. The fourth-order valence-electron chi connectivity index (χ4n) is 11.7. The molecule has 10 rings (SSSR count). The third-order valence-corrected chi connectivity index (χ3v) is 20.2. The van der Waals surface area contributed by atoms with Gasteiger partial charge in [-0.1, -0.05) is 42.5 Å². The van der Waals surface area contributed by atoms with E-state index in [0.29, 0.717) is 93.6 Å². The molecule has 0 saturated carbocycles. The molecule has 6 heterocycles. The molecule has 0 atom stereocenters. The van der Waals surface area contributed by atoms with Gasteiger partial charge in [0.2, 0.25) is 20.0 Å². The summed E-state index contributed by atoms with van der Waals surface area (Å²) in [6, 6.07) is 25.2. The van der Waals surface area contributed by atoms with Crippen molar-refractivity contribution in [1.29, 1.82) is 10.5 Å². The lowest BCUT2D eigenvalue weighted by Crippen LogP contribution is -2.55. The molecule has 4 amide bonds. The fraction of sp³-hybridized carbons (Fsp3) is 0.419. The van der Waals surface area contributed by atoms with Crippen molar-refractivity contribution < 1.29 is 56.3 Å². The Balaban J connectivity index is 0.000000195. The minimum absolute atomic E-state index is 0.0764. The second-order valence-corrected chi connectivity index (χ2v) is 27.1. The molecule has 26 heteroatoms. The molecule has 7 N–H and O–H groups in total. The number of nitriles is 2. The zero-order valence-electron chi connectivity index (χ0n) is 49.6. The van der Waals surface area contributed by atoms with Gasteiger partial charge in [-0.25, -0.2) is 16.8 Å². The number of aliphatic hydroxyl groups excluding tert-OH is 2. The molecule has 0 aromatic heterocycles. The van der Waals surface area contributed by atoms with Gasteiger partial charge in [-0.3, -0.25) is 24.2 Å². The van der Waals surface area contributed by atoms with E-state index in [0.717, 1.165) is 50.1 Å². The Labute approximate surface area is 519 Å². The first-order valence-electron chi connectivity index (χ1n) is 29.1. The summed E-state index contributed by atoms with van der Waals surface area (Å²) in [5.41, 5.74) is 6.74. The van der Waals surface area contributed by atoms with Crippen LogP contribution in [0.1, 0.15) is 122 Å². The number of amidine groups is 1. The normalized spacial score (nSPS) is 19.0. The highest BCUT2D eigenvalue weighted by Gasteiger charge is 2.49. The predicted octanol–water partition coefficient (Wildman–Crippen LogP) is 3.15. The largest absolute Gasteiger partial charge is 0.488 e. The topological polar surface area (TPSA) is 326 Å². The van der Waals surface area contributed by atoms with E-state index >= 15 is 0 Å². The van der Waals surface area contributed by atoms with Gasteiger partial charge in [-0.05, 0) is 184 Å². The fourth-order valence-corrected chi connectivity index (χ4v) is 14.3. The van der Waals surface area contributed by atoms with E-state index in [1.165, 1.54) is 19.4 Å². The number of aliphatic imine (C=N–C) groups is 1. The van der Waals surface area contributed by atoms with E-state index < -0.39 is 38.2 Å². The molecule has 4 aromatic carbocycles. The lowest BCUT2D eigenvalue weighted by molar-refractivity contribution is -0.125. The Bertz CT molecular complexity index is 3710. The molecule has 5 saturated heterocycles. The molecule has 464 valence electrons. The number of nitrogens with zero attached hydrogens (tertiary/aromatic N) is 7. The predicted molar refractivity (Wildman–Crippen MR) is 337 cm³/mol. The number of carbonyl (C=O) groups excluding carboxylic acids is 4. The Hall–Kier alpha value is -7.50. The van der Waals surface area contributed by atoms with Crippen molar-refractivity contribution in [2.45, 2.75) is 115 Å². The minimum Gasteiger partial charge on any atom is -0.423 e. The number of hydrogen-bond donors (Lipinski definition) is 7. The number of aryl methyl sites for hydroxylation is 4. The second kappa shape index (κ2) is 28.3. The maximum Gasteiger partial charge on any atom is 0.488 e. The van der Waals surface area contributed by atoms with Crippen molar-refractivity contribution >= 4 is 91.6 Å². The number of sulfonamides is 2. The first-order valence-corrected chi connectivity index (χ1v) is 32.5. The molecule has 6 aliphatic heterocycles. The number of hydrogen-bond acceptors (Lipinski definition) is 16. The SMILES string of the molecule is Cc1cc(C(=O)N2CCC(O)CC2)cc(C)c1/C=C/S(=O)(=O)N1CCC2(CC1)N=C(c1cccc(CC#N)c1)NC2=O.Cc1cc(C(=O)N2CCC(O)CC2)cc(C)c1/C=C/S(=O)(=O)N1CCC2(CC1)NC(=S)NC2=O.N#CCc1cccc(B(O)O)c1. The number of piperidine rings is 4. The summed E-state index contributed by atoms with van der Waals surface area (Å²) in [5.74, 6) is -0.159. The van der Waals surface area contributed by atoms with Crippen LogP contribution in [0.2, 0.25) is 0 Å². The van der Waals surface area contributed by atoms with Crippen LogP contribution in [0.3, 0.4) is 0 Å². The van der Waals surface area contributed by atoms with Crippen LogP contribution in [0, 0.1) is 50.4 Å². The highest BCUT2D eigenvalue weighted by atomic mass is 32.2. The number of likely N-dealkylation sites (tertiary alicyclic amines) is 2. The molecule has 5 fully saturated rings. The first-order chi connectivity index (χ1) is 41.7. The summed E-state index contributed by atoms with van der Waals surface area (Å²) in [6.45, 7) is 10.2. The number of carbonyl (C=O) groups is 4. The van der Waals surface area contributed by atoms with E-state index in [4.69, 9.17) is 37.8 Å². The van der Waals surface area contributed by atoms with Gasteiger partial charge in [0.25, 0.3) is 23.6 Å². The Morgan fingerprint density at radius 3 is 1.50 bits per heavy atom. The monoisotopic (exact) mass is 1260 g/mol. The first kappa shape index (κ1) is 66.5. The molecule has 2 spiro atoms. The third-order valence-electron chi connectivity index (χ3n) is 16.9. The highest BCUT2D eigenvalue weighted by Crippen LogP contribution is 2.34. The van der Waals surface area contributed by atoms with E-state index in [1.807, 2.05) is 58.0 Å². The minimum atomic E-state index is -3.76. The number of nitrogens with one attached hydrogen (secondary N) is 3. The molecular weight excluding hydrogens is 1180 g/mol. The third kappa shape index (κ3) is 15.8. The van der Waals surface area contributed by atoms with Crippen LogP contribution in [0.25, 0.3) is 12.2 Å². The summed E-state index contributed by atoms with van der Waals surface area (Å²) < 4.78 is 55.2. The molecule has 22 nitrogen and oxygen atoms in total. The number of benzene rings is 4. The maximum absolute atomic E-state index is 13.3. The molecule has 0 unspecified atom stereocenters. The van der Waals surface area contributed by atoms with Gasteiger partial charge in [0.05, 0.1) is 37.2 Å². The molecule has 6 aliphatic rings. The summed E-state index contributed by atoms with van der Waals surface area (Å²) >= 11 is 5.02. The van der Waals surface area contributed by atoms with E-state index in [9.17, 15) is 46.2 Å². The number of thiocarbonyl (C=S) groups is 1. The lowest BCUT2D eigenvalue weighted by Gasteiger charge is -2.36. The van der Waals surface area contributed by atoms with E-state index in [1.54, 1.807) is 70.5 Å². The van der Waals surface area contributed by atoms with E-state index in [-0.39, 0.29) is 86.4 Å². The van der Waals surface area contributed by atoms with Gasteiger partial charge in [0, 0.05) is 79.9 Å². The van der Waals surface area contributed by atoms with Crippen LogP contribution in [0.4, 0.5) is 0 Å². The number of aliphatic hydroxyl groups is 2. The zero-order chi connectivity index (χ0) is 63.7. The van der Waals surface area contributed by atoms with Crippen LogP contribution in [0.15, 0.2) is 88.6 Å². The quantitative estimate of drug-likeness (QED) is 0.0791. The van der Waals surface area contributed by atoms with Gasteiger partial charge >= 0.3 is 7.12 Å². The highest BCUT2D eigenvalue weighted by molar-refractivity contribution is 7.92. The molecule has 4 aromatic rings. The van der Waals surface area contributed by atoms with E-state index in [2.05, 4.69) is 22.0 Å². The van der Waals surface area contributed by atoms with Gasteiger partial charge in [-0.2, -0.15) is 19.1 Å².